The summed E-state index contributed by atoms with van der Waals surface area (Å²) in [6, 6.07) is 15.2. The first-order chi connectivity index (χ1) is 10.2. The number of fused-ring (bicyclic) bond motifs is 1. The summed E-state index contributed by atoms with van der Waals surface area (Å²) in [5, 5.41) is -0.144. The van der Waals surface area contributed by atoms with Crippen LogP contribution in [-0.2, 0) is 0 Å². The molecule has 0 fully saturated rings. The maximum absolute atomic E-state index is 12.4. The van der Waals surface area contributed by atoms with Crippen LogP contribution >= 0.6 is 11.8 Å². The fourth-order valence-corrected chi connectivity index (χ4v) is 3.16. The topological polar surface area (TPSA) is 35.5 Å². The van der Waals surface area contributed by atoms with Crippen molar-refractivity contribution < 1.29 is 14.3 Å². The number of thioether (sulfide) groups is 1. The second-order valence-corrected chi connectivity index (χ2v) is 6.21. The van der Waals surface area contributed by atoms with Gasteiger partial charge in [-0.25, -0.2) is 0 Å². The second kappa shape index (κ2) is 6.22. The van der Waals surface area contributed by atoms with Crippen molar-refractivity contribution in [3.63, 3.8) is 0 Å². The molecule has 0 bridgehead atoms. The van der Waals surface area contributed by atoms with Crippen LogP contribution in [0.3, 0.4) is 0 Å². The Bertz CT molecular complexity index is 640. The van der Waals surface area contributed by atoms with Gasteiger partial charge in [-0.2, -0.15) is 0 Å². The molecule has 0 aromatic heterocycles. The molecule has 21 heavy (non-hydrogen) atoms. The molecular weight excluding hydrogens is 284 g/mol. The van der Waals surface area contributed by atoms with E-state index in [0.29, 0.717) is 13.2 Å². The second-order valence-electron chi connectivity index (χ2n) is 4.80. The fourth-order valence-electron chi connectivity index (χ4n) is 2.19. The molecule has 108 valence electrons. The zero-order chi connectivity index (χ0) is 14.7. The number of rotatable bonds is 4. The van der Waals surface area contributed by atoms with Gasteiger partial charge in [0.25, 0.3) is 0 Å². The highest BCUT2D eigenvalue weighted by Crippen LogP contribution is 2.35. The Hall–Kier alpha value is -1.94. The zero-order valence-electron chi connectivity index (χ0n) is 11.7. The number of carbonyl (C=O) groups excluding carboxylic acids is 1. The zero-order valence-corrected chi connectivity index (χ0v) is 12.6. The van der Waals surface area contributed by atoms with Crippen molar-refractivity contribution in [2.45, 2.75) is 17.1 Å². The Morgan fingerprint density at radius 1 is 1.05 bits per heavy atom. The molecule has 0 amide bonds. The minimum atomic E-state index is -0.144. The number of Topliss-reactive ketones (excluding diaryl/α,β-unsaturated/α-hetero) is 1. The first-order valence-electron chi connectivity index (χ1n) is 6.89. The molecule has 1 unspecified atom stereocenters. The molecule has 0 aliphatic carbocycles. The standard InChI is InChI=1S/C17H16O3S/c1-12(17(18)13-5-3-2-4-6-13)21-14-7-8-15-16(11-14)20-10-9-19-15/h2-8,11-12H,9-10H2,1H3. The molecule has 1 aliphatic rings. The minimum Gasteiger partial charge on any atom is -0.486 e. The van der Waals surface area contributed by atoms with Crippen LogP contribution in [0.4, 0.5) is 0 Å². The molecule has 1 aliphatic heterocycles. The van der Waals surface area contributed by atoms with E-state index in [0.717, 1.165) is 22.0 Å². The van der Waals surface area contributed by atoms with Gasteiger partial charge in [-0.3, -0.25) is 4.79 Å². The summed E-state index contributed by atoms with van der Waals surface area (Å²) in [6.07, 6.45) is 0. The van der Waals surface area contributed by atoms with Crippen molar-refractivity contribution in [1.82, 2.24) is 0 Å². The van der Waals surface area contributed by atoms with Gasteiger partial charge >= 0.3 is 0 Å². The van der Waals surface area contributed by atoms with E-state index >= 15 is 0 Å². The van der Waals surface area contributed by atoms with Gasteiger partial charge in [0.05, 0.1) is 5.25 Å². The summed E-state index contributed by atoms with van der Waals surface area (Å²) in [7, 11) is 0. The monoisotopic (exact) mass is 300 g/mol. The average molecular weight is 300 g/mol. The van der Waals surface area contributed by atoms with E-state index in [-0.39, 0.29) is 11.0 Å². The van der Waals surface area contributed by atoms with E-state index in [9.17, 15) is 4.79 Å². The van der Waals surface area contributed by atoms with Crippen molar-refractivity contribution in [2.75, 3.05) is 13.2 Å². The van der Waals surface area contributed by atoms with Gasteiger partial charge in [0.15, 0.2) is 17.3 Å². The quantitative estimate of drug-likeness (QED) is 0.635. The van der Waals surface area contributed by atoms with E-state index in [4.69, 9.17) is 9.47 Å². The third-order valence-electron chi connectivity index (χ3n) is 3.25. The molecule has 0 saturated carbocycles. The van der Waals surface area contributed by atoms with Crippen LogP contribution < -0.4 is 9.47 Å². The summed E-state index contributed by atoms with van der Waals surface area (Å²) < 4.78 is 11.1. The van der Waals surface area contributed by atoms with Crippen LogP contribution in [0.25, 0.3) is 0 Å². The Morgan fingerprint density at radius 2 is 1.76 bits per heavy atom. The van der Waals surface area contributed by atoms with Crippen molar-refractivity contribution in [2.24, 2.45) is 0 Å². The van der Waals surface area contributed by atoms with Crippen molar-refractivity contribution >= 4 is 17.5 Å². The molecule has 1 heterocycles. The van der Waals surface area contributed by atoms with Crippen LogP contribution in [0.1, 0.15) is 17.3 Å². The van der Waals surface area contributed by atoms with Crippen LogP contribution in [0.5, 0.6) is 11.5 Å². The summed E-state index contributed by atoms with van der Waals surface area (Å²) in [6.45, 7) is 3.08. The number of benzene rings is 2. The number of ether oxygens (including phenoxy) is 2. The molecule has 0 N–H and O–H groups in total. The summed E-state index contributed by atoms with van der Waals surface area (Å²) in [5.74, 6) is 1.66. The molecule has 3 nitrogen and oxygen atoms in total. The molecule has 0 spiro atoms. The highest BCUT2D eigenvalue weighted by Gasteiger charge is 2.18. The lowest BCUT2D eigenvalue weighted by molar-refractivity contribution is 0.0994. The highest BCUT2D eigenvalue weighted by atomic mass is 32.2. The molecule has 3 rings (SSSR count). The Morgan fingerprint density at radius 3 is 2.52 bits per heavy atom. The van der Waals surface area contributed by atoms with E-state index in [1.807, 2.05) is 55.5 Å². The SMILES string of the molecule is CC(Sc1ccc2c(c1)OCCO2)C(=O)c1ccccc1. The summed E-state index contributed by atoms with van der Waals surface area (Å²) in [4.78, 5) is 13.4. The molecule has 2 aromatic carbocycles. The minimum absolute atomic E-state index is 0.135. The van der Waals surface area contributed by atoms with Crippen LogP contribution in [0, 0.1) is 0 Å². The molecule has 4 heteroatoms. The lowest BCUT2D eigenvalue weighted by Crippen LogP contribution is -2.15. The first-order valence-corrected chi connectivity index (χ1v) is 7.77. The maximum atomic E-state index is 12.4. The van der Waals surface area contributed by atoms with Crippen molar-refractivity contribution in [3.8, 4) is 11.5 Å². The smallest absolute Gasteiger partial charge is 0.175 e. The first kappa shape index (κ1) is 14.0. The third-order valence-corrected chi connectivity index (χ3v) is 4.35. The van der Waals surface area contributed by atoms with E-state index in [2.05, 4.69) is 0 Å². The van der Waals surface area contributed by atoms with Crippen LogP contribution in [0.2, 0.25) is 0 Å². The van der Waals surface area contributed by atoms with Crippen LogP contribution in [0.15, 0.2) is 53.4 Å². The largest absolute Gasteiger partial charge is 0.486 e. The predicted molar refractivity (Wildman–Crippen MR) is 83.5 cm³/mol. The predicted octanol–water partition coefficient (Wildman–Crippen LogP) is 3.82. The van der Waals surface area contributed by atoms with Gasteiger partial charge in [-0.15, -0.1) is 11.8 Å². The van der Waals surface area contributed by atoms with Crippen LogP contribution in [-0.4, -0.2) is 24.2 Å². The van der Waals surface area contributed by atoms with E-state index in [1.54, 1.807) is 0 Å². The van der Waals surface area contributed by atoms with Gasteiger partial charge in [-0.05, 0) is 25.1 Å². The number of carbonyl (C=O) groups is 1. The fraction of sp³-hybridized carbons (Fsp3) is 0.235. The van der Waals surface area contributed by atoms with Gasteiger partial charge in [0.1, 0.15) is 13.2 Å². The number of ketones is 1. The maximum Gasteiger partial charge on any atom is 0.175 e. The number of hydrogen-bond acceptors (Lipinski definition) is 4. The summed E-state index contributed by atoms with van der Waals surface area (Å²) >= 11 is 1.53. The lowest BCUT2D eigenvalue weighted by Gasteiger charge is -2.19. The molecule has 2 aromatic rings. The normalized spacial score (nSPS) is 14.5. The van der Waals surface area contributed by atoms with Gasteiger partial charge in [-0.1, -0.05) is 30.3 Å². The highest BCUT2D eigenvalue weighted by molar-refractivity contribution is 8.00. The lowest BCUT2D eigenvalue weighted by atomic mass is 10.1. The Kier molecular flexibility index (Phi) is 4.15. The molecule has 0 radical (unpaired) electrons. The number of hydrogen-bond donors (Lipinski definition) is 0. The average Bonchev–Trinajstić information content (AvgIpc) is 2.55. The molecular formula is C17H16O3S. The van der Waals surface area contributed by atoms with Gasteiger partial charge in [0, 0.05) is 10.5 Å². The van der Waals surface area contributed by atoms with E-state index in [1.165, 1.54) is 11.8 Å². The Labute approximate surface area is 128 Å². The molecule has 0 saturated heterocycles. The van der Waals surface area contributed by atoms with Gasteiger partial charge in [0.2, 0.25) is 0 Å². The third kappa shape index (κ3) is 3.22. The Balaban J connectivity index is 1.73. The van der Waals surface area contributed by atoms with E-state index < -0.39 is 0 Å². The van der Waals surface area contributed by atoms with Crippen molar-refractivity contribution in [3.05, 3.63) is 54.1 Å². The molecule has 1 atom stereocenters. The van der Waals surface area contributed by atoms with Gasteiger partial charge < -0.3 is 9.47 Å². The summed E-state index contributed by atoms with van der Waals surface area (Å²) in [5.41, 5.74) is 0.745. The van der Waals surface area contributed by atoms with Crippen molar-refractivity contribution in [1.29, 1.82) is 0 Å².